The van der Waals surface area contributed by atoms with Crippen LogP contribution in [0.25, 0.3) is 0 Å². The van der Waals surface area contributed by atoms with Gasteiger partial charge in [0.05, 0.1) is 10.7 Å². The quantitative estimate of drug-likeness (QED) is 0.947. The smallest absolute Gasteiger partial charge is 0.307 e. The van der Waals surface area contributed by atoms with Crippen LogP contribution in [-0.2, 0) is 11.3 Å². The Balaban J connectivity index is 2.12. The number of thiazole rings is 1. The molecule has 0 unspecified atom stereocenters. The number of amides is 1. The molecule has 0 bridgehead atoms. The first-order valence-corrected chi connectivity index (χ1v) is 6.94. The average molecular weight is 297 g/mol. The van der Waals surface area contributed by atoms with Crippen molar-refractivity contribution < 1.29 is 4.79 Å². The van der Waals surface area contributed by atoms with Gasteiger partial charge in [-0.3, -0.25) is 14.2 Å². The molecule has 2 aromatic rings. The molecule has 19 heavy (non-hydrogen) atoms. The third kappa shape index (κ3) is 3.24. The van der Waals surface area contributed by atoms with E-state index in [0.717, 1.165) is 22.6 Å². The molecular weight excluding hydrogens is 284 g/mol. The van der Waals surface area contributed by atoms with Gasteiger partial charge >= 0.3 is 4.87 Å². The van der Waals surface area contributed by atoms with Crippen molar-refractivity contribution in [1.82, 2.24) is 4.57 Å². The normalized spacial score (nSPS) is 10.5. The summed E-state index contributed by atoms with van der Waals surface area (Å²) in [5.41, 5.74) is 2.35. The summed E-state index contributed by atoms with van der Waals surface area (Å²) >= 11 is 7.12. The Labute approximate surface area is 119 Å². The first-order chi connectivity index (χ1) is 8.97. The maximum Gasteiger partial charge on any atom is 0.307 e. The van der Waals surface area contributed by atoms with Crippen molar-refractivity contribution in [2.24, 2.45) is 0 Å². The number of carbonyl (C=O) groups excluding carboxylic acids is 1. The average Bonchev–Trinajstić information content (AvgIpc) is 2.65. The summed E-state index contributed by atoms with van der Waals surface area (Å²) in [5.74, 6) is -0.269. The molecule has 2 rings (SSSR count). The van der Waals surface area contributed by atoms with Crippen molar-refractivity contribution in [1.29, 1.82) is 0 Å². The minimum atomic E-state index is -0.269. The molecule has 0 aliphatic carbocycles. The minimum absolute atomic E-state index is 0.00162. The van der Waals surface area contributed by atoms with Crippen LogP contribution in [0.4, 0.5) is 5.69 Å². The third-order valence-electron chi connectivity index (χ3n) is 2.68. The van der Waals surface area contributed by atoms with Gasteiger partial charge in [0.25, 0.3) is 0 Å². The number of hydrogen-bond donors (Lipinski definition) is 1. The zero-order chi connectivity index (χ0) is 14.0. The Bertz CT molecular complexity index is 676. The van der Waals surface area contributed by atoms with Crippen molar-refractivity contribution in [3.8, 4) is 0 Å². The highest BCUT2D eigenvalue weighted by molar-refractivity contribution is 7.07. The number of rotatable bonds is 3. The lowest BCUT2D eigenvalue weighted by Gasteiger charge is -2.09. The standard InChI is InChI=1S/C13H13ClN2O2S/c1-8-3-4-11(10(14)5-8)15-12(17)6-16-9(2)7-19-13(16)18/h3-5,7H,6H2,1-2H3,(H,15,17). The van der Waals surface area contributed by atoms with Crippen molar-refractivity contribution in [3.63, 3.8) is 0 Å². The van der Waals surface area contributed by atoms with Crippen LogP contribution in [0.1, 0.15) is 11.3 Å². The van der Waals surface area contributed by atoms with Gasteiger partial charge in [0.15, 0.2) is 0 Å². The van der Waals surface area contributed by atoms with E-state index in [4.69, 9.17) is 11.6 Å². The third-order valence-corrected chi connectivity index (χ3v) is 3.87. The molecule has 0 spiro atoms. The molecule has 0 saturated carbocycles. The minimum Gasteiger partial charge on any atom is -0.323 e. The first-order valence-electron chi connectivity index (χ1n) is 5.68. The summed E-state index contributed by atoms with van der Waals surface area (Å²) in [6, 6.07) is 5.39. The number of aromatic nitrogens is 1. The Morgan fingerprint density at radius 1 is 1.42 bits per heavy atom. The van der Waals surface area contributed by atoms with Crippen LogP contribution < -0.4 is 10.2 Å². The fraction of sp³-hybridized carbons (Fsp3) is 0.231. The summed E-state index contributed by atoms with van der Waals surface area (Å²) in [4.78, 5) is 23.3. The lowest BCUT2D eigenvalue weighted by Crippen LogP contribution is -2.25. The predicted octanol–water partition coefficient (Wildman–Crippen LogP) is 2.82. The van der Waals surface area contributed by atoms with Crippen molar-refractivity contribution >= 4 is 34.5 Å². The van der Waals surface area contributed by atoms with Crippen LogP contribution in [-0.4, -0.2) is 10.5 Å². The van der Waals surface area contributed by atoms with E-state index in [9.17, 15) is 9.59 Å². The lowest BCUT2D eigenvalue weighted by atomic mass is 10.2. The monoisotopic (exact) mass is 296 g/mol. The van der Waals surface area contributed by atoms with Crippen molar-refractivity contribution in [2.45, 2.75) is 20.4 Å². The van der Waals surface area contributed by atoms with Crippen LogP contribution in [0.3, 0.4) is 0 Å². The largest absolute Gasteiger partial charge is 0.323 e. The second-order valence-corrected chi connectivity index (χ2v) is 5.49. The van der Waals surface area contributed by atoms with E-state index in [1.807, 2.05) is 13.0 Å². The topological polar surface area (TPSA) is 51.1 Å². The number of aryl methyl sites for hydroxylation is 2. The molecular formula is C13H13ClN2O2S. The van der Waals surface area contributed by atoms with E-state index in [1.165, 1.54) is 4.57 Å². The Hall–Kier alpha value is -1.59. The van der Waals surface area contributed by atoms with Gasteiger partial charge in [-0.05, 0) is 31.5 Å². The fourth-order valence-electron chi connectivity index (χ4n) is 1.65. The predicted molar refractivity (Wildman–Crippen MR) is 78.1 cm³/mol. The highest BCUT2D eigenvalue weighted by Gasteiger charge is 2.10. The Morgan fingerprint density at radius 3 is 2.74 bits per heavy atom. The van der Waals surface area contributed by atoms with Crippen LogP contribution in [0.15, 0.2) is 28.4 Å². The second kappa shape index (κ2) is 5.59. The van der Waals surface area contributed by atoms with Gasteiger partial charge in [-0.25, -0.2) is 0 Å². The molecule has 0 aliphatic rings. The summed E-state index contributed by atoms with van der Waals surface area (Å²) in [5, 5.41) is 4.92. The van der Waals surface area contributed by atoms with Gasteiger partial charge in [-0.15, -0.1) is 0 Å². The first kappa shape index (κ1) is 13.8. The molecule has 1 heterocycles. The van der Waals surface area contributed by atoms with Crippen LogP contribution >= 0.6 is 22.9 Å². The molecule has 6 heteroatoms. The number of benzene rings is 1. The number of halogens is 1. The van der Waals surface area contributed by atoms with E-state index in [-0.39, 0.29) is 17.3 Å². The van der Waals surface area contributed by atoms with E-state index in [0.29, 0.717) is 10.7 Å². The van der Waals surface area contributed by atoms with Crippen molar-refractivity contribution in [2.75, 3.05) is 5.32 Å². The molecule has 0 fully saturated rings. The number of nitrogens with one attached hydrogen (secondary N) is 1. The number of carbonyl (C=O) groups is 1. The molecule has 0 saturated heterocycles. The summed E-state index contributed by atoms with van der Waals surface area (Å²) in [6.45, 7) is 3.72. The molecule has 4 nitrogen and oxygen atoms in total. The molecule has 0 aliphatic heterocycles. The van der Waals surface area contributed by atoms with E-state index in [1.54, 1.807) is 24.4 Å². The van der Waals surface area contributed by atoms with E-state index in [2.05, 4.69) is 5.32 Å². The summed E-state index contributed by atoms with van der Waals surface area (Å²) < 4.78 is 1.43. The zero-order valence-electron chi connectivity index (χ0n) is 10.6. The van der Waals surface area contributed by atoms with Crippen LogP contribution in [0.2, 0.25) is 5.02 Å². The second-order valence-electron chi connectivity index (χ2n) is 4.26. The van der Waals surface area contributed by atoms with Gasteiger partial charge in [-0.2, -0.15) is 0 Å². The van der Waals surface area contributed by atoms with Gasteiger partial charge < -0.3 is 5.32 Å². The lowest BCUT2D eigenvalue weighted by molar-refractivity contribution is -0.116. The Kier molecular flexibility index (Phi) is 4.07. The summed E-state index contributed by atoms with van der Waals surface area (Å²) in [7, 11) is 0. The van der Waals surface area contributed by atoms with Crippen LogP contribution in [0.5, 0.6) is 0 Å². The highest BCUT2D eigenvalue weighted by atomic mass is 35.5. The van der Waals surface area contributed by atoms with Crippen LogP contribution in [0, 0.1) is 13.8 Å². The molecule has 1 aromatic carbocycles. The fourth-order valence-corrected chi connectivity index (χ4v) is 2.67. The summed E-state index contributed by atoms with van der Waals surface area (Å²) in [6.07, 6.45) is 0. The maximum absolute atomic E-state index is 11.9. The number of anilines is 1. The molecule has 1 aromatic heterocycles. The molecule has 0 radical (unpaired) electrons. The van der Waals surface area contributed by atoms with Gasteiger partial charge in [0.1, 0.15) is 6.54 Å². The zero-order valence-corrected chi connectivity index (χ0v) is 12.1. The van der Waals surface area contributed by atoms with Crippen molar-refractivity contribution in [3.05, 3.63) is 49.5 Å². The molecule has 1 amide bonds. The van der Waals surface area contributed by atoms with E-state index < -0.39 is 0 Å². The molecule has 1 N–H and O–H groups in total. The van der Waals surface area contributed by atoms with E-state index >= 15 is 0 Å². The SMILES string of the molecule is Cc1ccc(NC(=O)Cn2c(C)csc2=O)c(Cl)c1. The molecule has 0 atom stereocenters. The number of nitrogens with zero attached hydrogens (tertiary/aromatic N) is 1. The Morgan fingerprint density at radius 2 is 2.16 bits per heavy atom. The highest BCUT2D eigenvalue weighted by Crippen LogP contribution is 2.22. The van der Waals surface area contributed by atoms with Gasteiger partial charge in [0.2, 0.25) is 5.91 Å². The number of hydrogen-bond acceptors (Lipinski definition) is 3. The van der Waals surface area contributed by atoms with Gasteiger partial charge in [0, 0.05) is 11.1 Å². The van der Waals surface area contributed by atoms with Gasteiger partial charge in [-0.1, -0.05) is 29.0 Å². The molecule has 100 valence electrons. The maximum atomic E-state index is 11.9.